The molecule has 1 N–H and O–H groups in total. The van der Waals surface area contributed by atoms with Gasteiger partial charge in [-0.15, -0.1) is 11.8 Å². The van der Waals surface area contributed by atoms with Crippen LogP contribution < -0.4 is 5.32 Å². The second kappa shape index (κ2) is 14.8. The van der Waals surface area contributed by atoms with E-state index in [0.717, 1.165) is 46.8 Å². The van der Waals surface area contributed by atoms with Crippen molar-refractivity contribution in [2.24, 2.45) is 0 Å². The third kappa shape index (κ3) is 8.89. The monoisotopic (exact) mass is 612 g/mol. The van der Waals surface area contributed by atoms with Crippen LogP contribution in [-0.2, 0) is 28.3 Å². The largest absolute Gasteiger partial charge is 0.352 e. The lowest BCUT2D eigenvalue weighted by Gasteiger charge is -2.33. The van der Waals surface area contributed by atoms with Crippen molar-refractivity contribution in [3.63, 3.8) is 0 Å². The molecule has 0 aliphatic heterocycles. The molecule has 0 bridgehead atoms. The van der Waals surface area contributed by atoms with E-state index in [1.54, 1.807) is 16.7 Å². The molecule has 200 valence electrons. The number of nitrogens with zero attached hydrogens (tertiary/aromatic N) is 1. The summed E-state index contributed by atoms with van der Waals surface area (Å²) in [6.45, 7) is 0.378. The molecule has 0 saturated heterocycles. The van der Waals surface area contributed by atoms with Crippen molar-refractivity contribution in [1.29, 1.82) is 0 Å². The summed E-state index contributed by atoms with van der Waals surface area (Å²) in [5.41, 5.74) is 3.15. The number of halogens is 2. The van der Waals surface area contributed by atoms with Gasteiger partial charge in [-0.2, -0.15) is 0 Å². The van der Waals surface area contributed by atoms with E-state index in [1.165, 1.54) is 6.42 Å². The molecule has 0 heterocycles. The van der Waals surface area contributed by atoms with Gasteiger partial charge in [-0.1, -0.05) is 101 Å². The number of rotatable bonds is 11. The Morgan fingerprint density at radius 1 is 0.895 bits per heavy atom. The molecule has 4 rings (SSSR count). The number of amides is 2. The van der Waals surface area contributed by atoms with Crippen LogP contribution in [0.4, 0.5) is 0 Å². The normalized spacial score (nSPS) is 14.6. The summed E-state index contributed by atoms with van der Waals surface area (Å²) in [5, 5.41) is 3.99. The first-order chi connectivity index (χ1) is 18.5. The molecule has 0 aromatic heterocycles. The van der Waals surface area contributed by atoms with Crippen LogP contribution in [0.5, 0.6) is 0 Å². The smallest absolute Gasteiger partial charge is 0.243 e. The van der Waals surface area contributed by atoms with Gasteiger partial charge in [0.2, 0.25) is 11.8 Å². The fraction of sp³-hybridized carbons (Fsp3) is 0.355. The first-order valence-electron chi connectivity index (χ1n) is 13.2. The molecule has 1 aliphatic rings. The third-order valence-corrected chi connectivity index (χ3v) is 8.67. The molecule has 0 radical (unpaired) electrons. The molecular formula is C31H34BrClN2O2S. The lowest BCUT2D eigenvalue weighted by atomic mass is 9.94. The molecule has 1 aliphatic carbocycles. The van der Waals surface area contributed by atoms with Gasteiger partial charge in [-0.05, 0) is 53.8 Å². The van der Waals surface area contributed by atoms with Gasteiger partial charge < -0.3 is 10.2 Å². The van der Waals surface area contributed by atoms with Crippen LogP contribution in [-0.4, -0.2) is 34.6 Å². The lowest BCUT2D eigenvalue weighted by Crippen LogP contribution is -2.53. The highest BCUT2D eigenvalue weighted by molar-refractivity contribution is 9.10. The topological polar surface area (TPSA) is 49.4 Å². The Hall–Kier alpha value is -2.28. The number of carbonyl (C=O) groups excluding carboxylic acids is 2. The maximum Gasteiger partial charge on any atom is 0.243 e. The summed E-state index contributed by atoms with van der Waals surface area (Å²) < 4.78 is 0.980. The summed E-state index contributed by atoms with van der Waals surface area (Å²) in [6, 6.07) is 25.2. The first kappa shape index (κ1) is 28.7. The zero-order valence-electron chi connectivity index (χ0n) is 21.5. The van der Waals surface area contributed by atoms with Crippen LogP contribution >= 0.6 is 39.3 Å². The minimum Gasteiger partial charge on any atom is -0.352 e. The predicted molar refractivity (Wildman–Crippen MR) is 161 cm³/mol. The highest BCUT2D eigenvalue weighted by Gasteiger charge is 2.31. The summed E-state index contributed by atoms with van der Waals surface area (Å²) in [4.78, 5) is 29.4. The molecule has 0 unspecified atom stereocenters. The van der Waals surface area contributed by atoms with Crippen molar-refractivity contribution in [1.82, 2.24) is 10.2 Å². The van der Waals surface area contributed by atoms with Gasteiger partial charge in [0, 0.05) is 34.3 Å². The summed E-state index contributed by atoms with van der Waals surface area (Å²) in [6.07, 6.45) is 5.97. The zero-order chi connectivity index (χ0) is 26.7. The second-order valence-electron chi connectivity index (χ2n) is 9.82. The molecular weight excluding hydrogens is 580 g/mol. The van der Waals surface area contributed by atoms with Crippen molar-refractivity contribution < 1.29 is 9.59 Å². The maximum absolute atomic E-state index is 13.8. The van der Waals surface area contributed by atoms with E-state index >= 15 is 0 Å². The van der Waals surface area contributed by atoms with E-state index in [-0.39, 0.29) is 17.9 Å². The second-order valence-corrected chi connectivity index (χ2v) is 12.2. The van der Waals surface area contributed by atoms with Crippen molar-refractivity contribution in [3.8, 4) is 0 Å². The van der Waals surface area contributed by atoms with E-state index in [4.69, 9.17) is 11.6 Å². The van der Waals surface area contributed by atoms with Crippen LogP contribution in [0.3, 0.4) is 0 Å². The van der Waals surface area contributed by atoms with E-state index in [0.29, 0.717) is 29.5 Å². The maximum atomic E-state index is 13.8. The fourth-order valence-corrected chi connectivity index (χ4v) is 6.07. The Labute approximate surface area is 243 Å². The minimum atomic E-state index is -0.591. The average Bonchev–Trinajstić information content (AvgIpc) is 2.94. The molecule has 3 aromatic rings. The van der Waals surface area contributed by atoms with E-state index < -0.39 is 6.04 Å². The Morgan fingerprint density at radius 2 is 1.55 bits per heavy atom. The molecule has 0 spiro atoms. The highest BCUT2D eigenvalue weighted by atomic mass is 79.9. The van der Waals surface area contributed by atoms with Crippen molar-refractivity contribution >= 4 is 51.1 Å². The van der Waals surface area contributed by atoms with Gasteiger partial charge in [0.25, 0.3) is 0 Å². The van der Waals surface area contributed by atoms with Gasteiger partial charge in [0.15, 0.2) is 0 Å². The van der Waals surface area contributed by atoms with E-state index in [1.807, 2.05) is 78.9 Å². The highest BCUT2D eigenvalue weighted by Crippen LogP contribution is 2.22. The molecule has 38 heavy (non-hydrogen) atoms. The van der Waals surface area contributed by atoms with Gasteiger partial charge in [-0.25, -0.2) is 0 Å². The summed E-state index contributed by atoms with van der Waals surface area (Å²) >= 11 is 11.1. The summed E-state index contributed by atoms with van der Waals surface area (Å²) in [7, 11) is 0. The molecule has 7 heteroatoms. The number of hydrogen-bond donors (Lipinski definition) is 1. The molecule has 1 fully saturated rings. The van der Waals surface area contributed by atoms with Crippen LogP contribution in [0.15, 0.2) is 83.3 Å². The average molecular weight is 614 g/mol. The standard InChI is InChI=1S/C31H34BrClN2O2S/c32-26-15-11-24(12-16-26)20-35(30(36)22-38-21-25-13-17-27(33)18-14-25)29(19-23-7-3-1-4-8-23)31(37)34-28-9-5-2-6-10-28/h1,3-4,7-8,11-18,28-29H,2,5-6,9-10,19-22H2,(H,34,37)/t29-/m0/s1. The van der Waals surface area contributed by atoms with Crippen molar-refractivity contribution in [2.45, 2.75) is 62.9 Å². The Balaban J connectivity index is 1.55. The number of benzene rings is 3. The zero-order valence-corrected chi connectivity index (χ0v) is 24.6. The predicted octanol–water partition coefficient (Wildman–Crippen LogP) is 7.42. The number of carbonyl (C=O) groups is 2. The van der Waals surface area contributed by atoms with Gasteiger partial charge in [-0.3, -0.25) is 9.59 Å². The lowest BCUT2D eigenvalue weighted by molar-refractivity contribution is -0.139. The Morgan fingerprint density at radius 3 is 2.24 bits per heavy atom. The minimum absolute atomic E-state index is 0.0355. The molecule has 1 saturated carbocycles. The molecule has 4 nitrogen and oxygen atoms in total. The number of thioether (sulfide) groups is 1. The van der Waals surface area contributed by atoms with Crippen LogP contribution in [0.2, 0.25) is 5.02 Å². The van der Waals surface area contributed by atoms with E-state index in [2.05, 4.69) is 21.2 Å². The van der Waals surface area contributed by atoms with Crippen molar-refractivity contribution in [2.75, 3.05) is 5.75 Å². The van der Waals surface area contributed by atoms with Gasteiger partial charge in [0.1, 0.15) is 6.04 Å². The molecule has 3 aromatic carbocycles. The van der Waals surface area contributed by atoms with Crippen molar-refractivity contribution in [3.05, 3.63) is 105 Å². The SMILES string of the molecule is O=C(NC1CCCCC1)[C@H](Cc1ccccc1)N(Cc1ccc(Br)cc1)C(=O)CSCc1ccc(Cl)cc1. The Bertz CT molecular complexity index is 1170. The van der Waals surface area contributed by atoms with Crippen LogP contribution in [0.25, 0.3) is 0 Å². The fourth-order valence-electron chi connectivity index (χ4n) is 4.80. The van der Waals surface area contributed by atoms with E-state index in [9.17, 15) is 9.59 Å². The molecule has 1 atom stereocenters. The number of hydrogen-bond acceptors (Lipinski definition) is 3. The number of nitrogens with one attached hydrogen (secondary N) is 1. The Kier molecular flexibility index (Phi) is 11.2. The quantitative estimate of drug-likeness (QED) is 0.245. The van der Waals surface area contributed by atoms with Crippen LogP contribution in [0, 0.1) is 0 Å². The van der Waals surface area contributed by atoms with Gasteiger partial charge >= 0.3 is 0 Å². The summed E-state index contributed by atoms with van der Waals surface area (Å²) in [5.74, 6) is 0.897. The van der Waals surface area contributed by atoms with Gasteiger partial charge in [0.05, 0.1) is 5.75 Å². The van der Waals surface area contributed by atoms with Crippen LogP contribution in [0.1, 0.15) is 48.8 Å². The third-order valence-electron chi connectivity index (χ3n) is 6.90. The first-order valence-corrected chi connectivity index (χ1v) is 15.5. The molecule has 2 amide bonds.